The van der Waals surface area contributed by atoms with Crippen LogP contribution in [0.25, 0.3) is 0 Å². The number of carbonyl (C=O) groups excluding carboxylic acids is 2. The summed E-state index contributed by atoms with van der Waals surface area (Å²) in [7, 11) is 0. The zero-order valence-corrected chi connectivity index (χ0v) is 16.2. The minimum absolute atomic E-state index is 0.0628. The van der Waals surface area contributed by atoms with Gasteiger partial charge in [0, 0.05) is 11.1 Å². The average Bonchev–Trinajstić information content (AvgIpc) is 2.54. The first-order valence-electron chi connectivity index (χ1n) is 10.0. The van der Waals surface area contributed by atoms with Gasteiger partial charge in [-0.25, -0.2) is 0 Å². The number of rotatable bonds is 4. The van der Waals surface area contributed by atoms with Gasteiger partial charge in [0.15, 0.2) is 0 Å². The number of nitrogens with one attached hydrogen (secondary N) is 2. The molecule has 0 unspecified atom stereocenters. The second-order valence-electron chi connectivity index (χ2n) is 9.20. The molecule has 0 radical (unpaired) electrons. The normalized spacial score (nSPS) is 31.7. The molecule has 4 aliphatic rings. The lowest BCUT2D eigenvalue weighted by Gasteiger charge is -2.55. The van der Waals surface area contributed by atoms with E-state index in [9.17, 15) is 9.59 Å². The summed E-state index contributed by atoms with van der Waals surface area (Å²) in [6.45, 7) is 6.12. The topological polar surface area (TPSA) is 58.2 Å². The third kappa shape index (κ3) is 3.15. The number of benzene rings is 1. The molecule has 140 valence electrons. The van der Waals surface area contributed by atoms with Crippen molar-refractivity contribution in [2.45, 2.75) is 59.3 Å². The summed E-state index contributed by atoms with van der Waals surface area (Å²) in [5.74, 6) is 2.18. The molecule has 0 saturated heterocycles. The third-order valence-corrected chi connectivity index (χ3v) is 6.87. The van der Waals surface area contributed by atoms with Crippen molar-refractivity contribution in [2.75, 3.05) is 11.9 Å². The molecular formula is C22H30N2O2. The number of aryl methyl sites for hydroxylation is 3. The van der Waals surface area contributed by atoms with Crippen LogP contribution in [0, 0.1) is 43.9 Å². The second kappa shape index (κ2) is 6.40. The zero-order chi connectivity index (χ0) is 18.5. The molecule has 0 spiro atoms. The maximum Gasteiger partial charge on any atom is 0.243 e. The average molecular weight is 354 g/mol. The quantitative estimate of drug-likeness (QED) is 0.862. The lowest BCUT2D eigenvalue weighted by molar-refractivity contribution is -0.146. The largest absolute Gasteiger partial charge is 0.347 e. The van der Waals surface area contributed by atoms with E-state index in [2.05, 4.69) is 29.7 Å². The Hall–Kier alpha value is -1.84. The van der Waals surface area contributed by atoms with Crippen LogP contribution >= 0.6 is 0 Å². The van der Waals surface area contributed by atoms with E-state index in [4.69, 9.17) is 0 Å². The SMILES string of the molecule is Cc1cc(C)c(NC(=O)CNC(=O)C23CC4CC(CC(C4)C2)C3)c(C)c1. The highest BCUT2D eigenvalue weighted by atomic mass is 16.2. The molecule has 4 nitrogen and oxygen atoms in total. The highest BCUT2D eigenvalue weighted by Crippen LogP contribution is 2.60. The van der Waals surface area contributed by atoms with Crippen molar-refractivity contribution in [3.8, 4) is 0 Å². The Kier molecular flexibility index (Phi) is 4.32. The molecule has 4 aliphatic carbocycles. The number of carbonyl (C=O) groups is 2. The van der Waals surface area contributed by atoms with Crippen molar-refractivity contribution >= 4 is 17.5 Å². The summed E-state index contributed by atoms with van der Waals surface area (Å²) in [5.41, 5.74) is 3.98. The lowest BCUT2D eigenvalue weighted by Crippen LogP contribution is -2.54. The van der Waals surface area contributed by atoms with Crippen molar-refractivity contribution in [3.63, 3.8) is 0 Å². The molecule has 0 aromatic heterocycles. The van der Waals surface area contributed by atoms with Crippen molar-refractivity contribution < 1.29 is 9.59 Å². The molecule has 4 heteroatoms. The van der Waals surface area contributed by atoms with E-state index in [1.807, 2.05) is 13.8 Å². The molecule has 0 heterocycles. The predicted molar refractivity (Wildman–Crippen MR) is 103 cm³/mol. The molecule has 4 saturated carbocycles. The lowest BCUT2D eigenvalue weighted by atomic mass is 9.49. The van der Waals surface area contributed by atoms with Crippen LogP contribution in [-0.2, 0) is 9.59 Å². The van der Waals surface area contributed by atoms with Crippen LogP contribution in [0.2, 0.25) is 0 Å². The Morgan fingerprint density at radius 1 is 0.962 bits per heavy atom. The van der Waals surface area contributed by atoms with E-state index in [1.165, 1.54) is 24.8 Å². The van der Waals surface area contributed by atoms with Crippen LogP contribution in [-0.4, -0.2) is 18.4 Å². The van der Waals surface area contributed by atoms with Gasteiger partial charge < -0.3 is 10.6 Å². The summed E-state index contributed by atoms with van der Waals surface area (Å²) in [4.78, 5) is 25.3. The molecule has 0 aliphatic heterocycles. The van der Waals surface area contributed by atoms with E-state index in [1.54, 1.807) is 0 Å². The molecule has 1 aromatic carbocycles. The molecule has 4 fully saturated rings. The Bertz CT molecular complexity index is 694. The van der Waals surface area contributed by atoms with E-state index in [0.29, 0.717) is 0 Å². The van der Waals surface area contributed by atoms with Crippen molar-refractivity contribution in [3.05, 3.63) is 28.8 Å². The van der Waals surface area contributed by atoms with Crippen LogP contribution in [0.1, 0.15) is 55.2 Å². The fourth-order valence-electron chi connectivity index (χ4n) is 6.30. The van der Waals surface area contributed by atoms with Crippen molar-refractivity contribution in [2.24, 2.45) is 23.2 Å². The van der Waals surface area contributed by atoms with Crippen molar-refractivity contribution in [1.82, 2.24) is 5.32 Å². The van der Waals surface area contributed by atoms with Gasteiger partial charge in [0.1, 0.15) is 0 Å². The van der Waals surface area contributed by atoms with Gasteiger partial charge in [-0.3, -0.25) is 9.59 Å². The van der Waals surface area contributed by atoms with Crippen molar-refractivity contribution in [1.29, 1.82) is 0 Å². The number of amides is 2. The van der Waals surface area contributed by atoms with Crippen LogP contribution in [0.4, 0.5) is 5.69 Å². The van der Waals surface area contributed by atoms with Crippen LogP contribution in [0.5, 0.6) is 0 Å². The Morgan fingerprint density at radius 3 is 1.96 bits per heavy atom. The number of hydrogen-bond acceptors (Lipinski definition) is 2. The Morgan fingerprint density at radius 2 is 1.46 bits per heavy atom. The fourth-order valence-corrected chi connectivity index (χ4v) is 6.30. The molecule has 4 bridgehead atoms. The van der Waals surface area contributed by atoms with Crippen LogP contribution < -0.4 is 10.6 Å². The highest BCUT2D eigenvalue weighted by Gasteiger charge is 2.54. The van der Waals surface area contributed by atoms with Gasteiger partial charge in [-0.2, -0.15) is 0 Å². The summed E-state index contributed by atoms with van der Waals surface area (Å²) in [5, 5.41) is 5.94. The summed E-state index contributed by atoms with van der Waals surface area (Å²) >= 11 is 0. The fraction of sp³-hybridized carbons (Fsp3) is 0.636. The van der Waals surface area contributed by atoms with E-state index in [-0.39, 0.29) is 23.8 Å². The van der Waals surface area contributed by atoms with Gasteiger partial charge in [0.05, 0.1) is 6.54 Å². The van der Waals surface area contributed by atoms with E-state index in [0.717, 1.165) is 53.8 Å². The first-order chi connectivity index (χ1) is 12.3. The number of hydrogen-bond donors (Lipinski definition) is 2. The van der Waals surface area contributed by atoms with Gasteiger partial charge >= 0.3 is 0 Å². The highest BCUT2D eigenvalue weighted by molar-refractivity contribution is 5.96. The molecular weight excluding hydrogens is 324 g/mol. The summed E-state index contributed by atoms with van der Waals surface area (Å²) < 4.78 is 0. The van der Waals surface area contributed by atoms with Gasteiger partial charge in [0.2, 0.25) is 11.8 Å². The molecule has 5 rings (SSSR count). The van der Waals surface area contributed by atoms with Gasteiger partial charge in [-0.1, -0.05) is 17.7 Å². The minimum atomic E-state index is -0.190. The predicted octanol–water partition coefficient (Wildman–Crippen LogP) is 3.88. The second-order valence-corrected chi connectivity index (χ2v) is 9.20. The maximum absolute atomic E-state index is 12.9. The first-order valence-corrected chi connectivity index (χ1v) is 10.0. The Balaban J connectivity index is 1.37. The standard InChI is InChI=1S/C22H30N2O2/c1-13-4-14(2)20(15(3)5-13)24-19(25)12-23-21(26)22-9-16-6-17(10-22)8-18(7-16)11-22/h4-5,16-18H,6-12H2,1-3H3,(H,23,26)(H,24,25). The van der Waals surface area contributed by atoms with Gasteiger partial charge in [-0.05, 0) is 88.2 Å². The van der Waals surface area contributed by atoms with Crippen LogP contribution in [0.15, 0.2) is 12.1 Å². The Labute approximate surface area is 156 Å². The third-order valence-electron chi connectivity index (χ3n) is 6.87. The van der Waals surface area contributed by atoms with E-state index < -0.39 is 0 Å². The smallest absolute Gasteiger partial charge is 0.243 e. The van der Waals surface area contributed by atoms with Gasteiger partial charge in [0.25, 0.3) is 0 Å². The monoisotopic (exact) mass is 354 g/mol. The van der Waals surface area contributed by atoms with E-state index >= 15 is 0 Å². The number of anilines is 1. The first kappa shape index (κ1) is 17.6. The maximum atomic E-state index is 12.9. The summed E-state index contributed by atoms with van der Waals surface area (Å²) in [6, 6.07) is 4.13. The summed E-state index contributed by atoms with van der Waals surface area (Å²) in [6.07, 6.45) is 7.05. The zero-order valence-electron chi connectivity index (χ0n) is 16.2. The molecule has 1 aromatic rings. The van der Waals surface area contributed by atoms with Crippen LogP contribution in [0.3, 0.4) is 0 Å². The minimum Gasteiger partial charge on any atom is -0.347 e. The molecule has 2 N–H and O–H groups in total. The molecule has 0 atom stereocenters. The molecule has 26 heavy (non-hydrogen) atoms. The molecule has 2 amide bonds. The van der Waals surface area contributed by atoms with Gasteiger partial charge in [-0.15, -0.1) is 0 Å².